The maximum absolute atomic E-state index is 12.6. The lowest BCUT2D eigenvalue weighted by atomic mass is 10.1. The molecular formula is C21H18BrN3O3S2. The molecule has 6 nitrogen and oxygen atoms in total. The maximum atomic E-state index is 12.6. The van der Waals surface area contributed by atoms with Crippen LogP contribution in [0.4, 0.5) is 0 Å². The van der Waals surface area contributed by atoms with Gasteiger partial charge in [-0.15, -0.1) is 0 Å². The lowest BCUT2D eigenvalue weighted by molar-refractivity contribution is -0.124. The number of thiocarbonyl (C=S) groups is 1. The van der Waals surface area contributed by atoms with Crippen LogP contribution in [-0.2, 0) is 9.59 Å². The molecule has 0 unspecified atom stereocenters. The number of rotatable bonds is 5. The standard InChI is InChI=1S/C21H18BrN3O3S2/c1-13-2-4-14(5-3-13)12-17-20(28)25(21(29)30-17)11-10-18(26)23-24-19(27)15-6-8-16(22)9-7-15/h2-9,12H,10-11H2,1H3,(H,23,26)(H,24,27)/b17-12+. The molecule has 1 heterocycles. The third-order valence-electron chi connectivity index (χ3n) is 4.23. The van der Waals surface area contributed by atoms with Crippen molar-refractivity contribution in [2.45, 2.75) is 13.3 Å². The summed E-state index contributed by atoms with van der Waals surface area (Å²) in [5, 5.41) is 0. The summed E-state index contributed by atoms with van der Waals surface area (Å²) in [6, 6.07) is 14.5. The van der Waals surface area contributed by atoms with Gasteiger partial charge in [-0.25, -0.2) is 0 Å². The Bertz CT molecular complexity index is 1020. The van der Waals surface area contributed by atoms with Crippen LogP contribution >= 0.6 is 39.9 Å². The first-order chi connectivity index (χ1) is 14.3. The van der Waals surface area contributed by atoms with Gasteiger partial charge >= 0.3 is 0 Å². The van der Waals surface area contributed by atoms with Gasteiger partial charge in [-0.3, -0.25) is 30.1 Å². The van der Waals surface area contributed by atoms with Gasteiger partial charge in [-0.05, 0) is 42.8 Å². The van der Waals surface area contributed by atoms with Gasteiger partial charge in [-0.1, -0.05) is 69.7 Å². The molecule has 0 saturated carbocycles. The van der Waals surface area contributed by atoms with E-state index in [2.05, 4.69) is 26.8 Å². The van der Waals surface area contributed by atoms with Crippen molar-refractivity contribution < 1.29 is 14.4 Å². The smallest absolute Gasteiger partial charge is 0.269 e. The Balaban J connectivity index is 1.51. The molecule has 0 bridgehead atoms. The first-order valence-electron chi connectivity index (χ1n) is 9.00. The molecule has 2 N–H and O–H groups in total. The van der Waals surface area contributed by atoms with Gasteiger partial charge in [0.25, 0.3) is 11.8 Å². The summed E-state index contributed by atoms with van der Waals surface area (Å²) in [6.45, 7) is 2.13. The minimum atomic E-state index is -0.428. The molecule has 2 aromatic carbocycles. The number of hydrazine groups is 1. The molecule has 0 radical (unpaired) electrons. The van der Waals surface area contributed by atoms with E-state index in [0.29, 0.717) is 14.8 Å². The van der Waals surface area contributed by atoms with Gasteiger partial charge in [0.15, 0.2) is 0 Å². The molecule has 0 aromatic heterocycles. The fourth-order valence-electron chi connectivity index (χ4n) is 2.58. The van der Waals surface area contributed by atoms with Gasteiger partial charge in [0.05, 0.1) is 4.91 Å². The van der Waals surface area contributed by atoms with Crippen LogP contribution in [0.1, 0.15) is 27.9 Å². The number of nitrogens with zero attached hydrogens (tertiary/aromatic N) is 1. The zero-order valence-corrected chi connectivity index (χ0v) is 19.2. The molecule has 1 aliphatic heterocycles. The average molecular weight is 504 g/mol. The molecule has 1 fully saturated rings. The fourth-order valence-corrected chi connectivity index (χ4v) is 4.16. The molecule has 154 valence electrons. The van der Waals surface area contributed by atoms with Crippen molar-refractivity contribution in [1.82, 2.24) is 15.8 Å². The summed E-state index contributed by atoms with van der Waals surface area (Å²) in [5.74, 6) is -1.07. The molecule has 9 heteroatoms. The highest BCUT2D eigenvalue weighted by Crippen LogP contribution is 2.32. The van der Waals surface area contributed by atoms with Crippen LogP contribution in [0, 0.1) is 6.92 Å². The molecule has 3 rings (SSSR count). The van der Waals surface area contributed by atoms with Crippen molar-refractivity contribution >= 4 is 68.0 Å². The molecule has 1 aliphatic rings. The predicted molar refractivity (Wildman–Crippen MR) is 125 cm³/mol. The van der Waals surface area contributed by atoms with Crippen molar-refractivity contribution in [2.75, 3.05) is 6.54 Å². The molecule has 30 heavy (non-hydrogen) atoms. The van der Waals surface area contributed by atoms with Gasteiger partial charge in [0, 0.05) is 23.0 Å². The van der Waals surface area contributed by atoms with E-state index in [4.69, 9.17) is 12.2 Å². The molecule has 3 amide bonds. The van der Waals surface area contributed by atoms with Crippen molar-refractivity contribution in [3.63, 3.8) is 0 Å². The van der Waals surface area contributed by atoms with Crippen molar-refractivity contribution in [2.24, 2.45) is 0 Å². The highest BCUT2D eigenvalue weighted by Gasteiger charge is 2.32. The lowest BCUT2D eigenvalue weighted by Crippen LogP contribution is -2.43. The number of benzene rings is 2. The second-order valence-electron chi connectivity index (χ2n) is 6.50. The van der Waals surface area contributed by atoms with Crippen molar-refractivity contribution in [3.8, 4) is 0 Å². The number of nitrogens with one attached hydrogen (secondary N) is 2. The van der Waals surface area contributed by atoms with E-state index in [-0.39, 0.29) is 18.9 Å². The zero-order chi connectivity index (χ0) is 21.7. The predicted octanol–water partition coefficient (Wildman–Crippen LogP) is 3.81. The highest BCUT2D eigenvalue weighted by molar-refractivity contribution is 9.10. The second-order valence-corrected chi connectivity index (χ2v) is 9.09. The summed E-state index contributed by atoms with van der Waals surface area (Å²) in [5.41, 5.74) is 7.17. The molecule has 0 atom stereocenters. The number of amides is 3. The van der Waals surface area contributed by atoms with Crippen LogP contribution in [0.25, 0.3) is 6.08 Å². The van der Waals surface area contributed by atoms with E-state index < -0.39 is 11.8 Å². The molecular weight excluding hydrogens is 486 g/mol. The SMILES string of the molecule is Cc1ccc(/C=C2/SC(=S)N(CCC(=O)NNC(=O)c3ccc(Br)cc3)C2=O)cc1. The van der Waals surface area contributed by atoms with Crippen molar-refractivity contribution in [1.29, 1.82) is 0 Å². The second kappa shape index (κ2) is 10.0. The Hall–Kier alpha value is -2.49. The number of hydrogen-bond donors (Lipinski definition) is 2. The number of carbonyl (C=O) groups is 3. The molecule has 1 saturated heterocycles. The van der Waals surface area contributed by atoms with Crippen LogP contribution in [0.2, 0.25) is 0 Å². The Morgan fingerprint density at radius 1 is 1.10 bits per heavy atom. The van der Waals surface area contributed by atoms with Crippen LogP contribution in [0.15, 0.2) is 57.9 Å². The summed E-state index contributed by atoms with van der Waals surface area (Å²) < 4.78 is 1.26. The number of halogens is 1. The van der Waals surface area contributed by atoms with Crippen LogP contribution in [-0.4, -0.2) is 33.5 Å². The topological polar surface area (TPSA) is 78.5 Å². The average Bonchev–Trinajstić information content (AvgIpc) is 2.99. The Kier molecular flexibility index (Phi) is 7.41. The Labute approximate surface area is 192 Å². The molecule has 2 aromatic rings. The summed E-state index contributed by atoms with van der Waals surface area (Å²) in [4.78, 5) is 38.6. The van der Waals surface area contributed by atoms with Crippen LogP contribution in [0.5, 0.6) is 0 Å². The summed E-state index contributed by atoms with van der Waals surface area (Å²) in [7, 11) is 0. The van der Waals surface area contributed by atoms with E-state index in [0.717, 1.165) is 15.6 Å². The highest BCUT2D eigenvalue weighted by atomic mass is 79.9. The monoisotopic (exact) mass is 503 g/mol. The number of hydrogen-bond acceptors (Lipinski definition) is 5. The van der Waals surface area contributed by atoms with Gasteiger partial charge in [0.2, 0.25) is 5.91 Å². The zero-order valence-electron chi connectivity index (χ0n) is 16.0. The fraction of sp³-hybridized carbons (Fsp3) is 0.143. The molecule has 0 spiro atoms. The van der Waals surface area contributed by atoms with E-state index in [1.165, 1.54) is 16.7 Å². The number of aryl methyl sites for hydroxylation is 1. The van der Waals surface area contributed by atoms with Gasteiger partial charge in [0.1, 0.15) is 4.32 Å². The largest absolute Gasteiger partial charge is 0.292 e. The lowest BCUT2D eigenvalue weighted by Gasteiger charge is -2.14. The summed E-state index contributed by atoms with van der Waals surface area (Å²) >= 11 is 9.79. The Morgan fingerprint density at radius 3 is 2.43 bits per heavy atom. The summed E-state index contributed by atoms with van der Waals surface area (Å²) in [6.07, 6.45) is 1.79. The van der Waals surface area contributed by atoms with Crippen LogP contribution < -0.4 is 10.9 Å². The van der Waals surface area contributed by atoms with Gasteiger partial charge < -0.3 is 0 Å². The van der Waals surface area contributed by atoms with Crippen molar-refractivity contribution in [3.05, 3.63) is 74.6 Å². The number of thioether (sulfide) groups is 1. The number of carbonyl (C=O) groups excluding carboxylic acids is 3. The Morgan fingerprint density at radius 2 is 1.77 bits per heavy atom. The van der Waals surface area contributed by atoms with E-state index >= 15 is 0 Å². The third-order valence-corrected chi connectivity index (χ3v) is 6.14. The van der Waals surface area contributed by atoms with Crippen LogP contribution in [0.3, 0.4) is 0 Å². The minimum absolute atomic E-state index is 0.00483. The molecule has 0 aliphatic carbocycles. The third kappa shape index (κ3) is 5.78. The first kappa shape index (κ1) is 22.2. The van der Waals surface area contributed by atoms with Gasteiger partial charge in [-0.2, -0.15) is 0 Å². The first-order valence-corrected chi connectivity index (χ1v) is 11.0. The van der Waals surface area contributed by atoms with E-state index in [1.54, 1.807) is 30.3 Å². The minimum Gasteiger partial charge on any atom is -0.292 e. The normalized spacial score (nSPS) is 14.9. The van der Waals surface area contributed by atoms with E-state index in [1.807, 2.05) is 31.2 Å². The van der Waals surface area contributed by atoms with E-state index in [9.17, 15) is 14.4 Å². The maximum Gasteiger partial charge on any atom is 0.269 e. The quantitative estimate of drug-likeness (QED) is 0.368.